The molecule has 68 valence electrons. The molecule has 0 aliphatic carbocycles. The minimum atomic E-state index is -0.283. The molecular formula is C8H19NO2. The lowest BCUT2D eigenvalue weighted by atomic mass is 10.1. The zero-order valence-corrected chi connectivity index (χ0v) is 7.79. The third-order valence-electron chi connectivity index (χ3n) is 1.35. The number of aliphatic hydroxyl groups is 1. The van der Waals surface area contributed by atoms with Crippen molar-refractivity contribution in [2.24, 2.45) is 5.73 Å². The van der Waals surface area contributed by atoms with Crippen molar-refractivity contribution < 1.29 is 9.84 Å². The third kappa shape index (κ3) is 5.18. The van der Waals surface area contributed by atoms with Crippen molar-refractivity contribution in [2.45, 2.75) is 45.4 Å². The molecule has 0 aromatic heterocycles. The summed E-state index contributed by atoms with van der Waals surface area (Å²) in [7, 11) is 0. The van der Waals surface area contributed by atoms with E-state index in [2.05, 4.69) is 0 Å². The van der Waals surface area contributed by atoms with E-state index >= 15 is 0 Å². The fourth-order valence-electron chi connectivity index (χ4n) is 0.794. The highest BCUT2D eigenvalue weighted by atomic mass is 16.5. The van der Waals surface area contributed by atoms with Crippen molar-refractivity contribution in [1.29, 1.82) is 0 Å². The summed E-state index contributed by atoms with van der Waals surface area (Å²) >= 11 is 0. The first kappa shape index (κ1) is 10.9. The van der Waals surface area contributed by atoms with Crippen LogP contribution in [-0.4, -0.2) is 29.5 Å². The molecule has 0 fully saturated rings. The van der Waals surface area contributed by atoms with Crippen LogP contribution in [0.4, 0.5) is 0 Å². The predicted molar refractivity (Wildman–Crippen MR) is 45.4 cm³/mol. The largest absolute Gasteiger partial charge is 0.395 e. The number of hydrogen-bond acceptors (Lipinski definition) is 3. The first-order chi connectivity index (χ1) is 4.87. The third-order valence-corrected chi connectivity index (χ3v) is 1.35. The van der Waals surface area contributed by atoms with E-state index in [1.165, 1.54) is 0 Å². The monoisotopic (exact) mass is 161 g/mol. The number of rotatable bonds is 3. The zero-order chi connectivity index (χ0) is 9.07. The average molecular weight is 161 g/mol. The topological polar surface area (TPSA) is 55.5 Å². The fraction of sp³-hybridized carbons (Fsp3) is 1.00. The van der Waals surface area contributed by atoms with Crippen LogP contribution >= 0.6 is 0 Å². The van der Waals surface area contributed by atoms with Gasteiger partial charge in [0.15, 0.2) is 0 Å². The quantitative estimate of drug-likeness (QED) is 0.634. The van der Waals surface area contributed by atoms with E-state index < -0.39 is 0 Å². The van der Waals surface area contributed by atoms with Crippen molar-refractivity contribution in [3.05, 3.63) is 0 Å². The molecule has 3 N–H and O–H groups in total. The Labute approximate surface area is 68.5 Å². The van der Waals surface area contributed by atoms with E-state index in [-0.39, 0.29) is 24.4 Å². The van der Waals surface area contributed by atoms with Gasteiger partial charge in [-0.25, -0.2) is 0 Å². The normalized spacial score (nSPS) is 18.0. The Balaban J connectivity index is 3.77. The van der Waals surface area contributed by atoms with Crippen LogP contribution < -0.4 is 5.73 Å². The molecule has 2 atom stereocenters. The molecule has 0 amide bonds. The summed E-state index contributed by atoms with van der Waals surface area (Å²) in [4.78, 5) is 0. The Morgan fingerprint density at radius 2 is 1.91 bits per heavy atom. The van der Waals surface area contributed by atoms with E-state index in [1.54, 1.807) is 0 Å². The number of aliphatic hydroxyl groups excluding tert-OH is 1. The van der Waals surface area contributed by atoms with Gasteiger partial charge >= 0.3 is 0 Å². The second-order valence-corrected chi connectivity index (χ2v) is 3.78. The van der Waals surface area contributed by atoms with E-state index in [0.29, 0.717) is 0 Å². The van der Waals surface area contributed by atoms with Crippen molar-refractivity contribution >= 4 is 0 Å². The predicted octanol–water partition coefficient (Wildman–Crippen LogP) is 0.510. The molecule has 0 aromatic carbocycles. The lowest BCUT2D eigenvalue weighted by Crippen LogP contribution is -2.41. The van der Waals surface area contributed by atoms with Crippen LogP contribution in [0.5, 0.6) is 0 Å². The Bertz CT molecular complexity index is 109. The highest BCUT2D eigenvalue weighted by Gasteiger charge is 2.19. The van der Waals surface area contributed by atoms with Crippen molar-refractivity contribution in [1.82, 2.24) is 0 Å². The summed E-state index contributed by atoms with van der Waals surface area (Å²) in [6.07, 6.45) is -0.0972. The summed E-state index contributed by atoms with van der Waals surface area (Å²) in [5, 5.41) is 8.70. The van der Waals surface area contributed by atoms with Crippen LogP contribution in [-0.2, 0) is 4.74 Å². The SMILES string of the molecule is C[C@@H](OC(C)(C)C)[C@H](N)CO. The van der Waals surface area contributed by atoms with Gasteiger partial charge in [-0.3, -0.25) is 0 Å². The van der Waals surface area contributed by atoms with E-state index in [1.807, 2.05) is 27.7 Å². The summed E-state index contributed by atoms with van der Waals surface area (Å²) in [6.45, 7) is 7.73. The first-order valence-electron chi connectivity index (χ1n) is 3.91. The lowest BCUT2D eigenvalue weighted by molar-refractivity contribution is -0.0669. The summed E-state index contributed by atoms with van der Waals surface area (Å²) < 4.78 is 5.51. The Morgan fingerprint density at radius 1 is 1.45 bits per heavy atom. The molecular weight excluding hydrogens is 142 g/mol. The molecule has 11 heavy (non-hydrogen) atoms. The molecule has 0 unspecified atom stereocenters. The Hall–Kier alpha value is -0.120. The molecule has 0 aromatic rings. The smallest absolute Gasteiger partial charge is 0.0727 e. The number of hydrogen-bond donors (Lipinski definition) is 2. The molecule has 0 aliphatic rings. The van der Waals surface area contributed by atoms with Gasteiger partial charge in [-0.15, -0.1) is 0 Å². The molecule has 0 rings (SSSR count). The number of ether oxygens (including phenoxy) is 1. The minimum Gasteiger partial charge on any atom is -0.395 e. The van der Waals surface area contributed by atoms with Gasteiger partial charge < -0.3 is 15.6 Å². The Morgan fingerprint density at radius 3 is 2.18 bits per heavy atom. The maximum atomic E-state index is 8.70. The zero-order valence-electron chi connectivity index (χ0n) is 7.79. The van der Waals surface area contributed by atoms with Gasteiger partial charge in [0.05, 0.1) is 24.4 Å². The molecule has 3 heteroatoms. The van der Waals surface area contributed by atoms with Crippen molar-refractivity contribution in [3.8, 4) is 0 Å². The summed E-state index contributed by atoms with van der Waals surface area (Å²) in [5.41, 5.74) is 5.36. The second kappa shape index (κ2) is 4.04. The van der Waals surface area contributed by atoms with Crippen LogP contribution in [0.2, 0.25) is 0 Å². The first-order valence-corrected chi connectivity index (χ1v) is 3.91. The average Bonchev–Trinajstić information content (AvgIpc) is 1.82. The molecule has 0 saturated carbocycles. The molecule has 0 spiro atoms. The van der Waals surface area contributed by atoms with Crippen LogP contribution in [0.3, 0.4) is 0 Å². The minimum absolute atomic E-state index is 0.0305. The summed E-state index contributed by atoms with van der Waals surface area (Å²) in [6, 6.07) is -0.283. The maximum Gasteiger partial charge on any atom is 0.0727 e. The van der Waals surface area contributed by atoms with Crippen molar-refractivity contribution in [3.63, 3.8) is 0 Å². The van der Waals surface area contributed by atoms with E-state index in [4.69, 9.17) is 15.6 Å². The maximum absolute atomic E-state index is 8.70. The van der Waals surface area contributed by atoms with Gasteiger partial charge in [0.1, 0.15) is 0 Å². The molecule has 0 saturated heterocycles. The molecule has 0 aliphatic heterocycles. The van der Waals surface area contributed by atoms with Crippen LogP contribution in [0, 0.1) is 0 Å². The van der Waals surface area contributed by atoms with Crippen molar-refractivity contribution in [2.75, 3.05) is 6.61 Å². The number of nitrogens with two attached hydrogens (primary N) is 1. The van der Waals surface area contributed by atoms with Gasteiger partial charge in [0.2, 0.25) is 0 Å². The van der Waals surface area contributed by atoms with Gasteiger partial charge in [0, 0.05) is 0 Å². The van der Waals surface area contributed by atoms with Gasteiger partial charge in [-0.05, 0) is 27.7 Å². The van der Waals surface area contributed by atoms with Crippen LogP contribution in [0.25, 0.3) is 0 Å². The van der Waals surface area contributed by atoms with E-state index in [0.717, 1.165) is 0 Å². The highest BCUT2D eigenvalue weighted by Crippen LogP contribution is 2.11. The fourth-order valence-corrected chi connectivity index (χ4v) is 0.794. The van der Waals surface area contributed by atoms with Gasteiger partial charge in [-0.1, -0.05) is 0 Å². The van der Waals surface area contributed by atoms with Gasteiger partial charge in [0.25, 0.3) is 0 Å². The lowest BCUT2D eigenvalue weighted by Gasteiger charge is -2.27. The Kier molecular flexibility index (Phi) is 4.00. The molecule has 0 radical (unpaired) electrons. The molecule has 3 nitrogen and oxygen atoms in total. The van der Waals surface area contributed by atoms with Crippen LogP contribution in [0.15, 0.2) is 0 Å². The van der Waals surface area contributed by atoms with Crippen LogP contribution in [0.1, 0.15) is 27.7 Å². The molecule has 0 bridgehead atoms. The highest BCUT2D eigenvalue weighted by molar-refractivity contribution is 4.71. The van der Waals surface area contributed by atoms with Gasteiger partial charge in [-0.2, -0.15) is 0 Å². The second-order valence-electron chi connectivity index (χ2n) is 3.78. The van der Waals surface area contributed by atoms with E-state index in [9.17, 15) is 0 Å². The summed E-state index contributed by atoms with van der Waals surface area (Å²) in [5.74, 6) is 0. The molecule has 0 heterocycles. The standard InChI is InChI=1S/C8H19NO2/c1-6(7(9)5-10)11-8(2,3)4/h6-7,10H,5,9H2,1-4H3/t6-,7-/m1/s1.